The summed E-state index contributed by atoms with van der Waals surface area (Å²) in [6, 6.07) is 7.34. The maximum Gasteiger partial charge on any atom is 0.227 e. The van der Waals surface area contributed by atoms with Gasteiger partial charge in [0.1, 0.15) is 5.75 Å². The fraction of sp³-hybridized carbons (Fsp3) is 0.579. The summed E-state index contributed by atoms with van der Waals surface area (Å²) in [6.07, 6.45) is 2.45. The fourth-order valence-corrected chi connectivity index (χ4v) is 4.36. The highest BCUT2D eigenvalue weighted by Crippen LogP contribution is 2.27. The molecule has 1 N–H and O–H groups in total. The molecule has 1 aromatic carbocycles. The number of carbonyl (C=O) groups excluding carboxylic acids is 2. The van der Waals surface area contributed by atoms with Gasteiger partial charge in [0.25, 0.3) is 0 Å². The molecule has 2 fully saturated rings. The Hall–Kier alpha value is -1.73. The maximum atomic E-state index is 12.4. The van der Waals surface area contributed by atoms with E-state index >= 15 is 0 Å². The zero-order valence-corrected chi connectivity index (χ0v) is 15.9. The zero-order valence-electron chi connectivity index (χ0n) is 15.1. The van der Waals surface area contributed by atoms with Crippen LogP contribution in [0.2, 0.25) is 0 Å². The standard InChI is InChI=1S/C19H26N2O4S/c1-24-16-4-2-15(3-5-16)21-13-14(12-18(21)22)19(23)20-8-11-26-17-6-9-25-10-7-17/h2-5,14,17H,6-13H2,1H3,(H,20,23). The molecule has 0 aliphatic carbocycles. The number of nitrogens with zero attached hydrogens (tertiary/aromatic N) is 1. The second-order valence-corrected chi connectivity index (χ2v) is 7.99. The molecule has 2 heterocycles. The highest BCUT2D eigenvalue weighted by Gasteiger charge is 2.34. The van der Waals surface area contributed by atoms with Gasteiger partial charge in [-0.1, -0.05) is 0 Å². The second-order valence-electron chi connectivity index (χ2n) is 6.58. The molecular formula is C19H26N2O4S. The molecule has 0 bridgehead atoms. The number of methoxy groups -OCH3 is 1. The van der Waals surface area contributed by atoms with Crippen LogP contribution in [0.5, 0.6) is 5.75 Å². The van der Waals surface area contributed by atoms with Gasteiger partial charge in [-0.25, -0.2) is 0 Å². The summed E-state index contributed by atoms with van der Waals surface area (Å²) in [7, 11) is 1.61. The number of hydrogen-bond donors (Lipinski definition) is 1. The minimum atomic E-state index is -0.280. The minimum Gasteiger partial charge on any atom is -0.497 e. The third kappa shape index (κ3) is 4.92. The summed E-state index contributed by atoms with van der Waals surface area (Å²) in [5, 5.41) is 3.62. The number of benzene rings is 1. The van der Waals surface area contributed by atoms with Gasteiger partial charge in [0.15, 0.2) is 0 Å². The summed E-state index contributed by atoms with van der Waals surface area (Å²) >= 11 is 1.90. The molecule has 0 aromatic heterocycles. The smallest absolute Gasteiger partial charge is 0.227 e. The van der Waals surface area contributed by atoms with Gasteiger partial charge < -0.3 is 19.7 Å². The van der Waals surface area contributed by atoms with Crippen molar-refractivity contribution in [3.05, 3.63) is 24.3 Å². The van der Waals surface area contributed by atoms with Gasteiger partial charge in [-0.2, -0.15) is 11.8 Å². The largest absolute Gasteiger partial charge is 0.497 e. The van der Waals surface area contributed by atoms with Crippen LogP contribution >= 0.6 is 11.8 Å². The van der Waals surface area contributed by atoms with Crippen molar-refractivity contribution in [2.75, 3.05) is 44.1 Å². The Bertz CT molecular complexity index is 616. The molecule has 3 rings (SSSR count). The van der Waals surface area contributed by atoms with Crippen LogP contribution in [0.15, 0.2) is 24.3 Å². The van der Waals surface area contributed by atoms with E-state index < -0.39 is 0 Å². The molecule has 2 aliphatic heterocycles. The Labute approximate surface area is 158 Å². The average Bonchev–Trinajstić information content (AvgIpc) is 3.08. The lowest BCUT2D eigenvalue weighted by molar-refractivity contribution is -0.126. The molecule has 2 saturated heterocycles. The van der Waals surface area contributed by atoms with Crippen molar-refractivity contribution in [2.24, 2.45) is 5.92 Å². The molecule has 1 atom stereocenters. The van der Waals surface area contributed by atoms with Gasteiger partial charge >= 0.3 is 0 Å². The van der Waals surface area contributed by atoms with Crippen LogP contribution in [-0.4, -0.2) is 56.2 Å². The average molecular weight is 378 g/mol. The van der Waals surface area contributed by atoms with Gasteiger partial charge in [-0.05, 0) is 37.1 Å². The van der Waals surface area contributed by atoms with Crippen LogP contribution < -0.4 is 15.0 Å². The molecule has 0 radical (unpaired) electrons. The third-order valence-electron chi connectivity index (χ3n) is 4.80. The SMILES string of the molecule is COc1ccc(N2CC(C(=O)NCCSC3CCOCC3)CC2=O)cc1. The van der Waals surface area contributed by atoms with Gasteiger partial charge in [0.2, 0.25) is 11.8 Å². The number of rotatable bonds is 7. The first-order valence-electron chi connectivity index (χ1n) is 9.09. The quantitative estimate of drug-likeness (QED) is 0.736. The van der Waals surface area contributed by atoms with Crippen LogP contribution in [0, 0.1) is 5.92 Å². The number of nitrogens with one attached hydrogen (secondary N) is 1. The van der Waals surface area contributed by atoms with Gasteiger partial charge in [0, 0.05) is 49.4 Å². The summed E-state index contributed by atoms with van der Waals surface area (Å²) in [6.45, 7) is 2.77. The fourth-order valence-electron chi connectivity index (χ4n) is 3.28. The minimum absolute atomic E-state index is 0.00750. The summed E-state index contributed by atoms with van der Waals surface area (Å²) in [5.41, 5.74) is 0.807. The lowest BCUT2D eigenvalue weighted by Crippen LogP contribution is -2.34. The van der Waals surface area contributed by atoms with E-state index in [0.29, 0.717) is 18.3 Å². The van der Waals surface area contributed by atoms with E-state index in [1.807, 2.05) is 36.0 Å². The lowest BCUT2D eigenvalue weighted by atomic mass is 10.1. The first kappa shape index (κ1) is 19.0. The van der Waals surface area contributed by atoms with E-state index in [1.54, 1.807) is 12.0 Å². The molecule has 2 amide bonds. The van der Waals surface area contributed by atoms with Crippen molar-refractivity contribution in [1.29, 1.82) is 0 Å². The second kappa shape index (κ2) is 9.28. The van der Waals surface area contributed by atoms with Gasteiger partial charge in [-0.3, -0.25) is 9.59 Å². The lowest BCUT2D eigenvalue weighted by Gasteiger charge is -2.21. The first-order valence-corrected chi connectivity index (χ1v) is 10.1. The molecule has 0 saturated carbocycles. The monoisotopic (exact) mass is 378 g/mol. The van der Waals surface area contributed by atoms with Crippen LogP contribution in [0.25, 0.3) is 0 Å². The number of hydrogen-bond acceptors (Lipinski definition) is 5. The normalized spacial score (nSPS) is 21.0. The Morgan fingerprint density at radius 2 is 2.04 bits per heavy atom. The van der Waals surface area contributed by atoms with E-state index in [0.717, 1.165) is 43.2 Å². The van der Waals surface area contributed by atoms with E-state index in [1.165, 1.54) is 0 Å². The van der Waals surface area contributed by atoms with Crippen molar-refractivity contribution in [3.63, 3.8) is 0 Å². The van der Waals surface area contributed by atoms with Crippen LogP contribution in [0.4, 0.5) is 5.69 Å². The van der Waals surface area contributed by atoms with Crippen LogP contribution in [-0.2, 0) is 14.3 Å². The molecule has 1 aromatic rings. The van der Waals surface area contributed by atoms with Crippen molar-refractivity contribution in [3.8, 4) is 5.75 Å². The molecule has 7 heteroatoms. The molecule has 2 aliphatic rings. The van der Waals surface area contributed by atoms with E-state index in [-0.39, 0.29) is 24.2 Å². The molecule has 6 nitrogen and oxygen atoms in total. The Balaban J connectivity index is 1.42. The highest BCUT2D eigenvalue weighted by molar-refractivity contribution is 7.99. The number of carbonyl (C=O) groups is 2. The van der Waals surface area contributed by atoms with Crippen LogP contribution in [0.3, 0.4) is 0 Å². The van der Waals surface area contributed by atoms with Gasteiger partial charge in [0.05, 0.1) is 13.0 Å². The molecular weight excluding hydrogens is 352 g/mol. The van der Waals surface area contributed by atoms with E-state index in [4.69, 9.17) is 9.47 Å². The highest BCUT2D eigenvalue weighted by atomic mass is 32.2. The van der Waals surface area contributed by atoms with E-state index in [9.17, 15) is 9.59 Å². The topological polar surface area (TPSA) is 67.9 Å². The Morgan fingerprint density at radius 3 is 2.73 bits per heavy atom. The van der Waals surface area contributed by atoms with Crippen molar-refractivity contribution < 1.29 is 19.1 Å². The molecule has 1 unspecified atom stereocenters. The summed E-state index contributed by atoms with van der Waals surface area (Å²) < 4.78 is 10.5. The van der Waals surface area contributed by atoms with Crippen molar-refractivity contribution in [1.82, 2.24) is 5.32 Å². The number of ether oxygens (including phenoxy) is 2. The van der Waals surface area contributed by atoms with Crippen molar-refractivity contribution in [2.45, 2.75) is 24.5 Å². The van der Waals surface area contributed by atoms with Crippen molar-refractivity contribution >= 4 is 29.3 Å². The first-order chi connectivity index (χ1) is 12.7. The maximum absolute atomic E-state index is 12.4. The summed E-state index contributed by atoms with van der Waals surface area (Å²) in [4.78, 5) is 26.3. The number of anilines is 1. The number of thioether (sulfide) groups is 1. The zero-order chi connectivity index (χ0) is 18.4. The molecule has 0 spiro atoms. The Kier molecular flexibility index (Phi) is 6.80. The van der Waals surface area contributed by atoms with E-state index in [2.05, 4.69) is 5.32 Å². The molecule has 26 heavy (non-hydrogen) atoms. The summed E-state index contributed by atoms with van der Waals surface area (Å²) in [5.74, 6) is 1.34. The molecule has 142 valence electrons. The predicted molar refractivity (Wildman–Crippen MR) is 103 cm³/mol. The Morgan fingerprint density at radius 1 is 1.31 bits per heavy atom. The van der Waals surface area contributed by atoms with Crippen LogP contribution in [0.1, 0.15) is 19.3 Å². The predicted octanol–water partition coefficient (Wildman–Crippen LogP) is 2.08. The third-order valence-corrected chi connectivity index (χ3v) is 6.19. The number of amides is 2. The van der Waals surface area contributed by atoms with Gasteiger partial charge in [-0.15, -0.1) is 0 Å².